The molecule has 33 heavy (non-hydrogen) atoms. The number of anilines is 2. The maximum Gasteiger partial charge on any atom is 0.265 e. The van der Waals surface area contributed by atoms with E-state index in [-0.39, 0.29) is 9.79 Å². The molecule has 0 spiro atoms. The van der Waals surface area contributed by atoms with E-state index in [1.54, 1.807) is 18.2 Å². The van der Waals surface area contributed by atoms with Gasteiger partial charge in [-0.2, -0.15) is 4.31 Å². The molecule has 1 amide bonds. The molecule has 0 bridgehead atoms. The number of hydrogen-bond donors (Lipinski definition) is 1. The van der Waals surface area contributed by atoms with Crippen LogP contribution < -0.4 is 9.62 Å². The van der Waals surface area contributed by atoms with Crippen LogP contribution in [-0.2, 0) is 29.6 Å². The van der Waals surface area contributed by atoms with E-state index in [0.29, 0.717) is 43.1 Å². The molecule has 0 aliphatic carbocycles. The zero-order valence-electron chi connectivity index (χ0n) is 17.5. The van der Waals surface area contributed by atoms with Crippen molar-refractivity contribution in [2.24, 2.45) is 0 Å². The summed E-state index contributed by atoms with van der Waals surface area (Å²) in [5.41, 5.74) is 0.832. The maximum atomic E-state index is 13.0. The van der Waals surface area contributed by atoms with E-state index in [4.69, 9.17) is 4.74 Å². The van der Waals surface area contributed by atoms with Crippen LogP contribution in [0.2, 0.25) is 0 Å². The van der Waals surface area contributed by atoms with Crippen molar-refractivity contribution >= 4 is 48.1 Å². The molecule has 1 N–H and O–H groups in total. The van der Waals surface area contributed by atoms with Crippen molar-refractivity contribution in [3.8, 4) is 0 Å². The van der Waals surface area contributed by atoms with Gasteiger partial charge in [-0.15, -0.1) is 0 Å². The molecule has 172 valence electrons. The molecule has 2 heterocycles. The molecule has 5 rings (SSSR count). The highest BCUT2D eigenvalue weighted by Gasteiger charge is 2.36. The first-order valence-electron chi connectivity index (χ1n) is 10.3. The van der Waals surface area contributed by atoms with Gasteiger partial charge < -0.3 is 10.1 Å². The first-order valence-corrected chi connectivity index (χ1v) is 13.2. The molecule has 2 aliphatic rings. The van der Waals surface area contributed by atoms with Gasteiger partial charge >= 0.3 is 0 Å². The molecule has 3 aromatic rings. The van der Waals surface area contributed by atoms with Gasteiger partial charge in [0.15, 0.2) is 0 Å². The average molecular weight is 488 g/mol. The number of hydrogen-bond acceptors (Lipinski definition) is 6. The Kier molecular flexibility index (Phi) is 5.36. The maximum absolute atomic E-state index is 13.0. The summed E-state index contributed by atoms with van der Waals surface area (Å²) in [6.45, 7) is 0.888. The van der Waals surface area contributed by atoms with Gasteiger partial charge in [-0.25, -0.2) is 16.8 Å². The fourth-order valence-corrected chi connectivity index (χ4v) is 7.18. The number of carbonyl (C=O) groups is 1. The topological polar surface area (TPSA) is 113 Å². The van der Waals surface area contributed by atoms with Crippen LogP contribution in [0.4, 0.5) is 11.4 Å². The third-order valence-electron chi connectivity index (χ3n) is 5.71. The van der Waals surface area contributed by atoms with Gasteiger partial charge in [0.2, 0.25) is 15.9 Å². The lowest BCUT2D eigenvalue weighted by molar-refractivity contribution is -0.114. The van der Waals surface area contributed by atoms with E-state index < -0.39 is 32.5 Å². The SMILES string of the molecule is O=C(CN1c2cccc3cccc(c23)S1(=O)=O)Nc1ccc(S(=O)(=O)N2CCOCC2)cc1. The lowest BCUT2D eigenvalue weighted by Crippen LogP contribution is -2.40. The Balaban J connectivity index is 1.33. The van der Waals surface area contributed by atoms with E-state index in [0.717, 1.165) is 9.69 Å². The van der Waals surface area contributed by atoms with Crippen molar-refractivity contribution in [3.05, 3.63) is 60.7 Å². The molecular formula is C22H21N3O6S2. The highest BCUT2D eigenvalue weighted by molar-refractivity contribution is 7.93. The third-order valence-corrected chi connectivity index (χ3v) is 9.43. The van der Waals surface area contributed by atoms with Crippen LogP contribution in [0.5, 0.6) is 0 Å². The van der Waals surface area contributed by atoms with E-state index in [2.05, 4.69) is 5.32 Å². The minimum Gasteiger partial charge on any atom is -0.379 e. The van der Waals surface area contributed by atoms with Crippen molar-refractivity contribution in [3.63, 3.8) is 0 Å². The quantitative estimate of drug-likeness (QED) is 0.589. The molecule has 0 saturated carbocycles. The lowest BCUT2D eigenvalue weighted by atomic mass is 10.1. The second kappa shape index (κ2) is 8.10. The smallest absolute Gasteiger partial charge is 0.265 e. The zero-order chi connectivity index (χ0) is 23.2. The second-order valence-corrected chi connectivity index (χ2v) is 11.5. The molecule has 11 heteroatoms. The third kappa shape index (κ3) is 3.76. The minimum atomic E-state index is -3.85. The lowest BCUT2D eigenvalue weighted by Gasteiger charge is -2.26. The fraction of sp³-hybridized carbons (Fsp3) is 0.227. The van der Waals surface area contributed by atoms with Crippen LogP contribution in [-0.4, -0.2) is 59.9 Å². The monoisotopic (exact) mass is 487 g/mol. The fourth-order valence-electron chi connectivity index (χ4n) is 4.11. The van der Waals surface area contributed by atoms with Gasteiger partial charge in [-0.1, -0.05) is 24.3 Å². The number of ether oxygens (including phenoxy) is 1. The predicted octanol–water partition coefficient (Wildman–Crippen LogP) is 2.01. The average Bonchev–Trinajstić information content (AvgIpc) is 3.03. The molecular weight excluding hydrogens is 466 g/mol. The zero-order valence-corrected chi connectivity index (χ0v) is 19.1. The normalized spacial score (nSPS) is 17.9. The van der Waals surface area contributed by atoms with Crippen LogP contribution in [0, 0.1) is 0 Å². The molecule has 3 aromatic carbocycles. The Morgan fingerprint density at radius 1 is 0.970 bits per heavy atom. The van der Waals surface area contributed by atoms with E-state index >= 15 is 0 Å². The van der Waals surface area contributed by atoms with Crippen molar-refractivity contribution in [2.75, 3.05) is 42.5 Å². The Morgan fingerprint density at radius 2 is 1.64 bits per heavy atom. The van der Waals surface area contributed by atoms with Crippen LogP contribution in [0.3, 0.4) is 0 Å². The van der Waals surface area contributed by atoms with E-state index in [1.807, 2.05) is 12.1 Å². The highest BCUT2D eigenvalue weighted by atomic mass is 32.2. The van der Waals surface area contributed by atoms with E-state index in [9.17, 15) is 21.6 Å². The molecule has 0 radical (unpaired) electrons. The van der Waals surface area contributed by atoms with Crippen molar-refractivity contribution < 1.29 is 26.4 Å². The van der Waals surface area contributed by atoms with E-state index in [1.165, 1.54) is 34.6 Å². The van der Waals surface area contributed by atoms with Crippen molar-refractivity contribution in [1.29, 1.82) is 0 Å². The number of benzene rings is 3. The molecule has 1 fully saturated rings. The molecule has 0 atom stereocenters. The molecule has 2 aliphatic heterocycles. The predicted molar refractivity (Wildman–Crippen MR) is 123 cm³/mol. The Bertz CT molecular complexity index is 1440. The summed E-state index contributed by atoms with van der Waals surface area (Å²) in [5, 5.41) is 4.04. The molecule has 1 saturated heterocycles. The largest absolute Gasteiger partial charge is 0.379 e. The van der Waals surface area contributed by atoms with Crippen LogP contribution in [0.15, 0.2) is 70.5 Å². The Hall–Kier alpha value is -2.99. The molecule has 9 nitrogen and oxygen atoms in total. The van der Waals surface area contributed by atoms with Crippen molar-refractivity contribution in [2.45, 2.75) is 9.79 Å². The standard InChI is InChI=1S/C22H21N3O6S2/c26-21(15-25-19-5-1-3-16-4-2-6-20(22(16)19)33(25,29)30)23-17-7-9-18(10-8-17)32(27,28)24-11-13-31-14-12-24/h1-10H,11-15H2,(H,23,26). The van der Waals surface area contributed by atoms with Gasteiger partial charge in [0, 0.05) is 24.2 Å². The van der Waals surface area contributed by atoms with Gasteiger partial charge in [0.1, 0.15) is 6.54 Å². The molecule has 0 unspecified atom stereocenters. The number of nitrogens with one attached hydrogen (secondary N) is 1. The van der Waals surface area contributed by atoms with Crippen LogP contribution >= 0.6 is 0 Å². The summed E-state index contributed by atoms with van der Waals surface area (Å²) in [6.07, 6.45) is 0. The number of nitrogens with zero attached hydrogens (tertiary/aromatic N) is 2. The highest BCUT2D eigenvalue weighted by Crippen LogP contribution is 2.41. The summed E-state index contributed by atoms with van der Waals surface area (Å²) in [6, 6.07) is 16.1. The van der Waals surface area contributed by atoms with Crippen molar-refractivity contribution in [1.82, 2.24) is 4.31 Å². The minimum absolute atomic E-state index is 0.117. The number of rotatable bonds is 5. The number of sulfonamides is 2. The number of morpholine rings is 1. The van der Waals surface area contributed by atoms with Gasteiger partial charge in [0.05, 0.1) is 28.7 Å². The van der Waals surface area contributed by atoms with Gasteiger partial charge in [-0.3, -0.25) is 9.10 Å². The summed E-state index contributed by atoms with van der Waals surface area (Å²) in [5.74, 6) is -0.535. The first kappa shape index (κ1) is 21.8. The Morgan fingerprint density at radius 3 is 2.33 bits per heavy atom. The van der Waals surface area contributed by atoms with Gasteiger partial charge in [-0.05, 0) is 41.8 Å². The number of carbonyl (C=O) groups excluding carboxylic acids is 1. The Labute approximate surface area is 191 Å². The van der Waals surface area contributed by atoms with Crippen LogP contribution in [0.1, 0.15) is 0 Å². The summed E-state index contributed by atoms with van der Waals surface area (Å²) in [7, 11) is -7.49. The molecule has 0 aromatic heterocycles. The van der Waals surface area contributed by atoms with Gasteiger partial charge in [0.25, 0.3) is 10.0 Å². The summed E-state index contributed by atoms with van der Waals surface area (Å²) in [4.78, 5) is 13.0. The van der Waals surface area contributed by atoms with Crippen LogP contribution in [0.25, 0.3) is 10.8 Å². The number of amides is 1. The summed E-state index contributed by atoms with van der Waals surface area (Å²) < 4.78 is 59.2. The second-order valence-electron chi connectivity index (χ2n) is 7.73. The summed E-state index contributed by atoms with van der Waals surface area (Å²) >= 11 is 0. The first-order chi connectivity index (χ1) is 15.8.